The fourth-order valence-corrected chi connectivity index (χ4v) is 3.85. The Bertz CT molecular complexity index is 1010. The van der Waals surface area contributed by atoms with Gasteiger partial charge in [0, 0.05) is 18.2 Å². The number of hydrogen-bond acceptors (Lipinski definition) is 5. The predicted octanol–water partition coefficient (Wildman–Crippen LogP) is 3.80. The van der Waals surface area contributed by atoms with Gasteiger partial charge in [-0.25, -0.2) is 9.29 Å². The largest absolute Gasteiger partial charge is 0.375 e. The molecule has 0 aromatic heterocycles. The van der Waals surface area contributed by atoms with Gasteiger partial charge in [0.1, 0.15) is 11.5 Å². The molecule has 1 N–H and O–H groups in total. The van der Waals surface area contributed by atoms with Crippen LogP contribution >= 0.6 is 0 Å². The van der Waals surface area contributed by atoms with E-state index in [-0.39, 0.29) is 35.4 Å². The molecule has 2 aromatic carbocycles. The molecule has 0 bridgehead atoms. The van der Waals surface area contributed by atoms with Crippen molar-refractivity contribution in [2.75, 3.05) is 10.2 Å². The monoisotopic (exact) mass is 395 g/mol. The maximum Gasteiger partial charge on any atom is 0.294 e. The normalized spacial score (nSPS) is 20.7. The number of allylic oxidation sites excluding steroid dienone is 2. The van der Waals surface area contributed by atoms with Gasteiger partial charge in [0.15, 0.2) is 0 Å². The number of halogens is 1. The molecule has 0 saturated carbocycles. The molecule has 7 nitrogen and oxygen atoms in total. The molecule has 8 heteroatoms. The third-order valence-electron chi connectivity index (χ3n) is 5.37. The second-order valence-electron chi connectivity index (χ2n) is 7.07. The molecule has 29 heavy (non-hydrogen) atoms. The summed E-state index contributed by atoms with van der Waals surface area (Å²) in [6, 6.07) is 10.3. The average molecular weight is 395 g/mol. The Morgan fingerprint density at radius 3 is 2.34 bits per heavy atom. The molecule has 1 aliphatic heterocycles. The van der Waals surface area contributed by atoms with Gasteiger partial charge < -0.3 is 5.32 Å². The maximum atomic E-state index is 13.8. The summed E-state index contributed by atoms with van der Waals surface area (Å²) < 4.78 is 13.8. The van der Waals surface area contributed by atoms with Crippen LogP contribution in [-0.2, 0) is 16.1 Å². The van der Waals surface area contributed by atoms with E-state index in [0.717, 1.165) is 4.90 Å². The number of rotatable bonds is 5. The van der Waals surface area contributed by atoms with Crippen molar-refractivity contribution in [3.8, 4) is 0 Å². The van der Waals surface area contributed by atoms with Crippen LogP contribution in [0.15, 0.2) is 54.6 Å². The number of hydrogen-bond donors (Lipinski definition) is 1. The van der Waals surface area contributed by atoms with Crippen molar-refractivity contribution in [3.63, 3.8) is 0 Å². The van der Waals surface area contributed by atoms with Crippen molar-refractivity contribution < 1.29 is 18.9 Å². The number of fused-ring (bicyclic) bond motifs is 1. The molecule has 0 unspecified atom stereocenters. The second-order valence-corrected chi connectivity index (χ2v) is 7.07. The minimum Gasteiger partial charge on any atom is -0.375 e. The molecule has 1 fully saturated rings. The van der Waals surface area contributed by atoms with Gasteiger partial charge >= 0.3 is 0 Å². The summed E-state index contributed by atoms with van der Waals surface area (Å²) in [5, 5.41) is 14.4. The summed E-state index contributed by atoms with van der Waals surface area (Å²) in [4.78, 5) is 37.5. The molecule has 2 aromatic rings. The fraction of sp³-hybridized carbons (Fsp3) is 0.238. The van der Waals surface area contributed by atoms with Crippen LogP contribution in [0.4, 0.5) is 21.5 Å². The van der Waals surface area contributed by atoms with Crippen LogP contribution in [-0.4, -0.2) is 16.7 Å². The summed E-state index contributed by atoms with van der Waals surface area (Å²) >= 11 is 0. The van der Waals surface area contributed by atoms with Crippen LogP contribution in [0.1, 0.15) is 18.4 Å². The number of benzene rings is 2. The molecular weight excluding hydrogens is 377 g/mol. The van der Waals surface area contributed by atoms with Crippen LogP contribution < -0.4 is 10.2 Å². The molecule has 2 atom stereocenters. The Morgan fingerprint density at radius 2 is 1.72 bits per heavy atom. The standard InChI is InChI=1S/C21H18FN3O4/c22-17-8-4-1-5-13(17)12-23-18-10-9-14(11-19(18)25(28)29)24-20(26)15-6-2-3-7-16(15)21(24)27/h1-5,8-11,15-16,23H,6-7,12H2/t15-,16-/m0/s1. The third kappa shape index (κ3) is 3.37. The number of nitro groups is 1. The number of carbonyl (C=O) groups excluding carboxylic acids is 2. The minimum atomic E-state index is -0.590. The molecule has 1 heterocycles. The van der Waals surface area contributed by atoms with Crippen LogP contribution in [0.3, 0.4) is 0 Å². The van der Waals surface area contributed by atoms with Crippen LogP contribution in [0.5, 0.6) is 0 Å². The smallest absolute Gasteiger partial charge is 0.294 e. The Hall–Kier alpha value is -3.55. The number of amides is 2. The van der Waals surface area contributed by atoms with Crippen molar-refractivity contribution in [1.82, 2.24) is 0 Å². The fourth-order valence-electron chi connectivity index (χ4n) is 3.85. The summed E-state index contributed by atoms with van der Waals surface area (Å²) in [6.45, 7) is 0.0598. The van der Waals surface area contributed by atoms with Gasteiger partial charge in [0.25, 0.3) is 5.69 Å². The van der Waals surface area contributed by atoms with E-state index in [1.807, 2.05) is 12.2 Å². The highest BCUT2D eigenvalue weighted by molar-refractivity contribution is 6.22. The zero-order valence-electron chi connectivity index (χ0n) is 15.4. The van der Waals surface area contributed by atoms with E-state index >= 15 is 0 Å². The topological polar surface area (TPSA) is 92.6 Å². The number of nitro benzene ring substituents is 1. The summed E-state index contributed by atoms with van der Waals surface area (Å²) in [5.41, 5.74) is 0.442. The lowest BCUT2D eigenvalue weighted by Gasteiger charge is -2.16. The van der Waals surface area contributed by atoms with Gasteiger partial charge in [-0.15, -0.1) is 0 Å². The van der Waals surface area contributed by atoms with Crippen molar-refractivity contribution in [3.05, 3.63) is 76.1 Å². The first-order valence-electron chi connectivity index (χ1n) is 9.26. The summed E-state index contributed by atoms with van der Waals surface area (Å²) in [5.74, 6) is -1.89. The number of nitrogens with one attached hydrogen (secondary N) is 1. The summed E-state index contributed by atoms with van der Waals surface area (Å²) in [6.07, 6.45) is 4.76. The zero-order chi connectivity index (χ0) is 20.5. The van der Waals surface area contributed by atoms with Crippen LogP contribution in [0.25, 0.3) is 0 Å². The quantitative estimate of drug-likeness (QED) is 0.360. The molecule has 1 saturated heterocycles. The van der Waals surface area contributed by atoms with E-state index in [2.05, 4.69) is 5.32 Å². The molecule has 1 aliphatic carbocycles. The number of imide groups is 1. The van der Waals surface area contributed by atoms with Crippen molar-refractivity contribution in [2.24, 2.45) is 11.8 Å². The Morgan fingerprint density at radius 1 is 1.07 bits per heavy atom. The minimum absolute atomic E-state index is 0.0598. The number of nitrogens with zero attached hydrogens (tertiary/aromatic N) is 2. The maximum absolute atomic E-state index is 13.8. The van der Waals surface area contributed by atoms with Crippen molar-refractivity contribution in [1.29, 1.82) is 0 Å². The highest BCUT2D eigenvalue weighted by Gasteiger charge is 2.48. The van der Waals surface area contributed by atoms with Crippen molar-refractivity contribution in [2.45, 2.75) is 19.4 Å². The zero-order valence-corrected chi connectivity index (χ0v) is 15.4. The van der Waals surface area contributed by atoms with E-state index in [0.29, 0.717) is 18.4 Å². The van der Waals surface area contributed by atoms with E-state index in [1.165, 1.54) is 24.3 Å². The van der Waals surface area contributed by atoms with E-state index < -0.39 is 22.6 Å². The van der Waals surface area contributed by atoms with Gasteiger partial charge in [-0.3, -0.25) is 19.7 Å². The Kier molecular flexibility index (Phi) is 4.84. The first-order chi connectivity index (χ1) is 14.0. The van der Waals surface area contributed by atoms with E-state index in [4.69, 9.17) is 0 Å². The van der Waals surface area contributed by atoms with Crippen LogP contribution in [0.2, 0.25) is 0 Å². The molecule has 2 amide bonds. The van der Waals surface area contributed by atoms with E-state index in [1.54, 1.807) is 18.2 Å². The van der Waals surface area contributed by atoms with Crippen LogP contribution in [0, 0.1) is 27.8 Å². The highest BCUT2D eigenvalue weighted by Crippen LogP contribution is 2.39. The lowest BCUT2D eigenvalue weighted by molar-refractivity contribution is -0.383. The lowest BCUT2D eigenvalue weighted by Crippen LogP contribution is -2.30. The first-order valence-corrected chi connectivity index (χ1v) is 9.26. The molecule has 2 aliphatic rings. The van der Waals surface area contributed by atoms with Crippen molar-refractivity contribution >= 4 is 28.9 Å². The first kappa shape index (κ1) is 18.8. The Labute approximate surface area is 166 Å². The second kappa shape index (κ2) is 7.46. The van der Waals surface area contributed by atoms with Gasteiger partial charge in [-0.05, 0) is 31.0 Å². The Balaban J connectivity index is 1.61. The predicted molar refractivity (Wildman–Crippen MR) is 105 cm³/mol. The van der Waals surface area contributed by atoms with E-state index in [9.17, 15) is 24.1 Å². The molecule has 4 rings (SSSR count). The summed E-state index contributed by atoms with van der Waals surface area (Å²) in [7, 11) is 0. The lowest BCUT2D eigenvalue weighted by atomic mass is 9.85. The molecular formula is C21H18FN3O4. The molecule has 148 valence electrons. The number of carbonyl (C=O) groups is 2. The van der Waals surface area contributed by atoms with Gasteiger partial charge in [-0.2, -0.15) is 0 Å². The number of anilines is 2. The highest BCUT2D eigenvalue weighted by atomic mass is 19.1. The SMILES string of the molecule is O=C1[C@H]2CC=CC[C@@H]2C(=O)N1c1ccc(NCc2ccccc2F)c([N+](=O)[O-])c1. The van der Waals surface area contributed by atoms with Gasteiger partial charge in [-0.1, -0.05) is 30.4 Å². The molecule has 0 radical (unpaired) electrons. The van der Waals surface area contributed by atoms with Gasteiger partial charge in [0.05, 0.1) is 22.4 Å². The third-order valence-corrected chi connectivity index (χ3v) is 5.37. The van der Waals surface area contributed by atoms with Gasteiger partial charge in [0.2, 0.25) is 11.8 Å². The average Bonchev–Trinajstić information content (AvgIpc) is 2.98. The molecule has 0 spiro atoms.